The van der Waals surface area contributed by atoms with Crippen LogP contribution in [-0.2, 0) is 6.18 Å². The largest absolute Gasteiger partial charge is 0.439 e. The summed E-state index contributed by atoms with van der Waals surface area (Å²) in [4.78, 5) is 18.3. The number of aromatic nitrogens is 1. The lowest BCUT2D eigenvalue weighted by Crippen LogP contribution is -2.44. The average molecular weight is 494 g/mol. The molecule has 1 unspecified atom stereocenters. The third kappa shape index (κ3) is 5.87. The van der Waals surface area contributed by atoms with Crippen molar-refractivity contribution in [1.29, 1.82) is 0 Å². The summed E-state index contributed by atoms with van der Waals surface area (Å²) >= 11 is 0. The van der Waals surface area contributed by atoms with Crippen molar-refractivity contribution in [3.63, 3.8) is 0 Å². The number of carbonyl (C=O) groups is 1. The number of alkyl halides is 3. The van der Waals surface area contributed by atoms with Gasteiger partial charge < -0.3 is 15.0 Å². The van der Waals surface area contributed by atoms with E-state index in [2.05, 4.69) is 28.5 Å². The normalized spacial score (nSPS) is 19.5. The third-order valence-corrected chi connectivity index (χ3v) is 6.53. The molecule has 0 spiro atoms. The summed E-state index contributed by atoms with van der Waals surface area (Å²) < 4.78 is 43.8. The number of pyridine rings is 1. The van der Waals surface area contributed by atoms with Crippen molar-refractivity contribution >= 4 is 12.1 Å². The predicted octanol–water partition coefficient (Wildman–Crippen LogP) is 6.64. The Morgan fingerprint density at radius 2 is 1.81 bits per heavy atom. The molecule has 5 nitrogen and oxygen atoms in total. The number of benzene rings is 2. The van der Waals surface area contributed by atoms with E-state index in [4.69, 9.17) is 4.74 Å². The van der Waals surface area contributed by atoms with Crippen LogP contribution in [0, 0.1) is 0 Å². The number of halogens is 3. The fourth-order valence-corrected chi connectivity index (χ4v) is 4.45. The maximum atomic E-state index is 12.7. The lowest BCUT2D eigenvalue weighted by Gasteiger charge is -2.28. The first-order valence-corrected chi connectivity index (χ1v) is 12.0. The van der Waals surface area contributed by atoms with Crippen molar-refractivity contribution in [2.24, 2.45) is 0 Å². The van der Waals surface area contributed by atoms with Gasteiger partial charge in [0.15, 0.2) is 0 Å². The van der Waals surface area contributed by atoms with Crippen molar-refractivity contribution in [3.8, 4) is 11.6 Å². The Balaban J connectivity index is 1.13. The highest BCUT2D eigenvalue weighted by Crippen LogP contribution is 2.40. The number of hydrogen-bond donors (Lipinski definition) is 1. The minimum Gasteiger partial charge on any atom is -0.439 e. The van der Waals surface area contributed by atoms with Gasteiger partial charge in [0.1, 0.15) is 5.75 Å². The summed E-state index contributed by atoms with van der Waals surface area (Å²) in [7, 11) is 0. The molecule has 3 aromatic rings. The Hall–Kier alpha value is -3.81. The van der Waals surface area contributed by atoms with Crippen LogP contribution in [0.15, 0.2) is 78.5 Å². The number of nitrogens with zero attached hydrogens (tertiary/aromatic N) is 2. The number of rotatable bonds is 5. The Labute approximate surface area is 207 Å². The molecule has 8 heteroatoms. The molecular formula is C28H26F3N3O2. The van der Waals surface area contributed by atoms with E-state index in [0.717, 1.165) is 37.1 Å². The Morgan fingerprint density at radius 1 is 1.03 bits per heavy atom. The molecule has 2 aliphatic rings. The van der Waals surface area contributed by atoms with Gasteiger partial charge in [-0.25, -0.2) is 9.78 Å². The zero-order chi connectivity index (χ0) is 25.1. The van der Waals surface area contributed by atoms with Gasteiger partial charge in [-0.3, -0.25) is 0 Å². The number of urea groups is 1. The second-order valence-corrected chi connectivity index (χ2v) is 9.16. The van der Waals surface area contributed by atoms with E-state index in [0.29, 0.717) is 24.8 Å². The van der Waals surface area contributed by atoms with E-state index in [1.165, 1.54) is 17.2 Å². The molecular weight excluding hydrogens is 467 g/mol. The molecule has 1 aliphatic carbocycles. The van der Waals surface area contributed by atoms with Gasteiger partial charge in [0.2, 0.25) is 5.88 Å². The molecule has 1 saturated heterocycles. The number of hydrogen-bond acceptors (Lipinski definition) is 3. The number of ether oxygens (including phenoxy) is 1. The molecule has 5 rings (SSSR count). The topological polar surface area (TPSA) is 54.5 Å². The van der Waals surface area contributed by atoms with Crippen LogP contribution in [0.5, 0.6) is 11.6 Å². The number of carbonyl (C=O) groups excluding carboxylic acids is 1. The number of likely N-dealkylation sites (tertiary alicyclic amines) is 1. The fourth-order valence-electron chi connectivity index (χ4n) is 4.45. The first kappa shape index (κ1) is 23.9. The molecule has 2 amide bonds. The van der Waals surface area contributed by atoms with Gasteiger partial charge in [0, 0.05) is 37.3 Å². The van der Waals surface area contributed by atoms with Crippen LogP contribution < -0.4 is 10.1 Å². The van der Waals surface area contributed by atoms with Crippen molar-refractivity contribution in [2.75, 3.05) is 13.1 Å². The zero-order valence-electron chi connectivity index (χ0n) is 19.5. The molecule has 2 atom stereocenters. The lowest BCUT2D eigenvalue weighted by atomic mass is 10.0. The molecule has 1 N–H and O–H groups in total. The number of piperidine rings is 1. The Bertz CT molecular complexity index is 1230. The smallest absolute Gasteiger partial charge is 0.417 e. The van der Waals surface area contributed by atoms with Crippen molar-refractivity contribution in [2.45, 2.75) is 37.4 Å². The second-order valence-electron chi connectivity index (χ2n) is 9.16. The molecule has 0 radical (unpaired) electrons. The van der Waals surface area contributed by atoms with Crippen LogP contribution in [0.3, 0.4) is 0 Å². The number of amides is 2. The van der Waals surface area contributed by atoms with E-state index in [1.54, 1.807) is 6.07 Å². The monoisotopic (exact) mass is 493 g/mol. The van der Waals surface area contributed by atoms with E-state index in [-0.39, 0.29) is 18.0 Å². The van der Waals surface area contributed by atoms with Crippen molar-refractivity contribution in [3.05, 3.63) is 95.2 Å². The highest BCUT2D eigenvalue weighted by molar-refractivity contribution is 5.75. The van der Waals surface area contributed by atoms with E-state index >= 15 is 0 Å². The maximum absolute atomic E-state index is 12.7. The molecule has 36 heavy (non-hydrogen) atoms. The molecule has 2 aromatic carbocycles. The van der Waals surface area contributed by atoms with Crippen molar-refractivity contribution < 1.29 is 22.7 Å². The summed E-state index contributed by atoms with van der Waals surface area (Å²) in [5.74, 6) is 0.991. The zero-order valence-corrected chi connectivity index (χ0v) is 19.5. The van der Waals surface area contributed by atoms with Gasteiger partial charge in [0.05, 0.1) is 5.56 Å². The standard InChI is InChI=1S/C28H26F3N3O2/c29-28(30,31)22-9-10-26(32-18-22)36-23-8-4-5-20(16-23)15-19-11-13-34(14-12-19)27(35)33-25-17-24(25)21-6-2-1-3-7-21/h1-10,15-16,18,24-25H,11-14,17H2,(H,33,35)/t24-,25?/m1/s1. The molecule has 1 aromatic heterocycles. The third-order valence-electron chi connectivity index (χ3n) is 6.53. The molecule has 1 aliphatic heterocycles. The van der Waals surface area contributed by atoms with Crippen molar-refractivity contribution in [1.82, 2.24) is 15.2 Å². The van der Waals surface area contributed by atoms with Crippen LogP contribution in [-0.4, -0.2) is 35.0 Å². The van der Waals surface area contributed by atoms with Gasteiger partial charge in [-0.15, -0.1) is 0 Å². The summed E-state index contributed by atoms with van der Waals surface area (Å²) in [5.41, 5.74) is 2.61. The van der Waals surface area contributed by atoms with Gasteiger partial charge >= 0.3 is 12.2 Å². The summed E-state index contributed by atoms with van der Waals surface area (Å²) in [6.07, 6.45) is 0.952. The first-order valence-electron chi connectivity index (χ1n) is 12.0. The van der Waals surface area contributed by atoms with Gasteiger partial charge in [0.25, 0.3) is 0 Å². The highest BCUT2D eigenvalue weighted by atomic mass is 19.4. The second kappa shape index (κ2) is 10.0. The SMILES string of the molecule is O=C(NC1C[C@@H]1c1ccccc1)N1CCC(=Cc2cccc(Oc3ccc(C(F)(F)F)cn3)c2)CC1. The predicted molar refractivity (Wildman–Crippen MR) is 131 cm³/mol. The molecule has 2 heterocycles. The Morgan fingerprint density at radius 3 is 2.50 bits per heavy atom. The fraction of sp³-hybridized carbons (Fsp3) is 0.286. The van der Waals surface area contributed by atoms with Gasteiger partial charge in [-0.05, 0) is 48.6 Å². The first-order chi connectivity index (χ1) is 17.3. The Kier molecular flexibility index (Phi) is 6.67. The maximum Gasteiger partial charge on any atom is 0.417 e. The van der Waals surface area contributed by atoms with Gasteiger partial charge in [-0.2, -0.15) is 13.2 Å². The van der Waals surface area contributed by atoms with Crippen LogP contribution in [0.1, 0.15) is 41.9 Å². The lowest BCUT2D eigenvalue weighted by molar-refractivity contribution is -0.137. The highest BCUT2D eigenvalue weighted by Gasteiger charge is 2.40. The summed E-state index contributed by atoms with van der Waals surface area (Å²) in [5, 5.41) is 3.16. The molecule has 0 bridgehead atoms. The van der Waals surface area contributed by atoms with Crippen LogP contribution in [0.25, 0.3) is 6.08 Å². The minimum absolute atomic E-state index is 0.00285. The van der Waals surface area contributed by atoms with E-state index in [1.807, 2.05) is 41.3 Å². The quantitative estimate of drug-likeness (QED) is 0.434. The van der Waals surface area contributed by atoms with E-state index in [9.17, 15) is 18.0 Å². The van der Waals surface area contributed by atoms with Gasteiger partial charge in [-0.1, -0.05) is 54.1 Å². The summed E-state index contributed by atoms with van der Waals surface area (Å²) in [6, 6.07) is 19.9. The molecule has 2 fully saturated rings. The average Bonchev–Trinajstić information content (AvgIpc) is 3.64. The summed E-state index contributed by atoms with van der Waals surface area (Å²) in [6.45, 7) is 1.32. The van der Waals surface area contributed by atoms with E-state index < -0.39 is 11.7 Å². The minimum atomic E-state index is -4.43. The molecule has 1 saturated carbocycles. The number of nitrogens with one attached hydrogen (secondary N) is 1. The van der Waals surface area contributed by atoms with Crippen LogP contribution >= 0.6 is 0 Å². The van der Waals surface area contributed by atoms with Crippen LogP contribution in [0.2, 0.25) is 0 Å². The van der Waals surface area contributed by atoms with Crippen LogP contribution in [0.4, 0.5) is 18.0 Å². The molecule has 186 valence electrons.